The Morgan fingerprint density at radius 3 is 2.85 bits per heavy atom. The molecule has 3 rings (SSSR count). The molecule has 1 saturated carbocycles. The van der Waals surface area contributed by atoms with E-state index in [1.54, 1.807) is 0 Å². The van der Waals surface area contributed by atoms with Crippen molar-refractivity contribution in [1.29, 1.82) is 0 Å². The molecule has 20 heavy (non-hydrogen) atoms. The van der Waals surface area contributed by atoms with Crippen LogP contribution in [0.2, 0.25) is 0 Å². The molecule has 0 amide bonds. The first-order valence-corrected chi connectivity index (χ1v) is 7.99. The summed E-state index contributed by atoms with van der Waals surface area (Å²) in [5, 5.41) is 15.4. The summed E-state index contributed by atoms with van der Waals surface area (Å²) in [6, 6.07) is 2.64. The Labute approximate surface area is 121 Å². The lowest BCUT2D eigenvalue weighted by molar-refractivity contribution is -0.00546. The van der Waals surface area contributed by atoms with Crippen molar-refractivity contribution in [1.82, 2.24) is 9.78 Å². The van der Waals surface area contributed by atoms with E-state index < -0.39 is 5.60 Å². The van der Waals surface area contributed by atoms with E-state index >= 15 is 0 Å². The Bertz CT molecular complexity index is 429. The molecule has 1 aliphatic carbocycles. The fourth-order valence-corrected chi connectivity index (χ4v) is 3.56. The van der Waals surface area contributed by atoms with Crippen molar-refractivity contribution in [3.63, 3.8) is 0 Å². The second-order valence-corrected chi connectivity index (χ2v) is 6.67. The quantitative estimate of drug-likeness (QED) is 0.921. The Kier molecular flexibility index (Phi) is 4.13. The van der Waals surface area contributed by atoms with Crippen molar-refractivity contribution in [2.75, 3.05) is 13.2 Å². The maximum absolute atomic E-state index is 10.7. The molecule has 1 aromatic heterocycles. The van der Waals surface area contributed by atoms with Gasteiger partial charge in [0.15, 0.2) is 0 Å². The lowest BCUT2D eigenvalue weighted by Crippen LogP contribution is -2.37. The van der Waals surface area contributed by atoms with Crippen LogP contribution in [0.3, 0.4) is 0 Å². The van der Waals surface area contributed by atoms with Gasteiger partial charge in [0.25, 0.3) is 0 Å². The highest BCUT2D eigenvalue weighted by molar-refractivity contribution is 5.05. The fourth-order valence-electron chi connectivity index (χ4n) is 3.56. The molecule has 4 heteroatoms. The average Bonchev–Trinajstić information content (AvgIpc) is 3.10. The number of aliphatic hydroxyl groups is 1. The number of rotatable bonds is 4. The number of aromatic nitrogens is 2. The largest absolute Gasteiger partial charge is 0.389 e. The summed E-state index contributed by atoms with van der Waals surface area (Å²) in [4.78, 5) is 0. The third-order valence-corrected chi connectivity index (χ3v) is 4.96. The minimum Gasteiger partial charge on any atom is -0.389 e. The van der Waals surface area contributed by atoms with Crippen molar-refractivity contribution in [3.05, 3.63) is 18.0 Å². The highest BCUT2D eigenvalue weighted by Crippen LogP contribution is 2.30. The molecule has 2 fully saturated rings. The zero-order chi connectivity index (χ0) is 14.0. The minimum atomic E-state index is -0.706. The van der Waals surface area contributed by atoms with Crippen LogP contribution in [-0.2, 0) is 11.2 Å². The van der Waals surface area contributed by atoms with Crippen molar-refractivity contribution in [3.8, 4) is 0 Å². The summed E-state index contributed by atoms with van der Waals surface area (Å²) in [5.41, 5.74) is 0.301. The van der Waals surface area contributed by atoms with Crippen LogP contribution in [0.5, 0.6) is 0 Å². The van der Waals surface area contributed by atoms with Crippen molar-refractivity contribution in [2.45, 2.75) is 63.5 Å². The molecule has 2 atom stereocenters. The molecule has 0 aromatic carbocycles. The predicted molar refractivity (Wildman–Crippen MR) is 77.6 cm³/mol. The molecule has 1 N–H and O–H groups in total. The van der Waals surface area contributed by atoms with Crippen LogP contribution in [0.1, 0.15) is 57.2 Å². The Morgan fingerprint density at radius 1 is 1.35 bits per heavy atom. The van der Waals surface area contributed by atoms with E-state index in [0.29, 0.717) is 19.1 Å². The molecule has 2 aliphatic rings. The highest BCUT2D eigenvalue weighted by atomic mass is 16.5. The Balaban J connectivity index is 1.64. The molecular formula is C16H26N2O2. The normalized spacial score (nSPS) is 27.6. The average molecular weight is 278 g/mol. The van der Waals surface area contributed by atoms with E-state index in [4.69, 9.17) is 9.84 Å². The van der Waals surface area contributed by atoms with Crippen LogP contribution in [0.15, 0.2) is 12.3 Å². The Morgan fingerprint density at radius 2 is 2.15 bits per heavy atom. The Hall–Kier alpha value is -0.870. The van der Waals surface area contributed by atoms with Gasteiger partial charge in [-0.25, -0.2) is 0 Å². The molecule has 0 bridgehead atoms. The van der Waals surface area contributed by atoms with Crippen molar-refractivity contribution < 1.29 is 9.84 Å². The van der Waals surface area contributed by atoms with Crippen LogP contribution in [0.4, 0.5) is 0 Å². The summed E-state index contributed by atoms with van der Waals surface area (Å²) in [7, 11) is 0. The second-order valence-electron chi connectivity index (χ2n) is 6.67. The number of hydrogen-bond donors (Lipinski definition) is 1. The maximum Gasteiger partial charge on any atom is 0.0726 e. The van der Waals surface area contributed by atoms with E-state index in [-0.39, 0.29) is 5.92 Å². The smallest absolute Gasteiger partial charge is 0.0726 e. The minimum absolute atomic E-state index is 0.238. The van der Waals surface area contributed by atoms with Crippen LogP contribution in [-0.4, -0.2) is 33.7 Å². The number of nitrogens with zero attached hydrogens (tertiary/aromatic N) is 2. The van der Waals surface area contributed by atoms with E-state index in [9.17, 15) is 5.11 Å². The third-order valence-electron chi connectivity index (χ3n) is 4.96. The van der Waals surface area contributed by atoms with Gasteiger partial charge in [0, 0.05) is 25.1 Å². The van der Waals surface area contributed by atoms with Crippen LogP contribution < -0.4 is 0 Å². The molecule has 0 radical (unpaired) electrons. The molecule has 2 heterocycles. The first kappa shape index (κ1) is 14.1. The first-order chi connectivity index (χ1) is 9.65. The van der Waals surface area contributed by atoms with E-state index in [1.807, 2.05) is 6.92 Å². The molecule has 1 aromatic rings. The molecular weight excluding hydrogens is 252 g/mol. The monoisotopic (exact) mass is 278 g/mol. The van der Waals surface area contributed by atoms with Crippen LogP contribution in [0, 0.1) is 5.92 Å². The van der Waals surface area contributed by atoms with Crippen molar-refractivity contribution >= 4 is 0 Å². The zero-order valence-electron chi connectivity index (χ0n) is 12.4. The van der Waals surface area contributed by atoms with Gasteiger partial charge in [0.2, 0.25) is 0 Å². The second kappa shape index (κ2) is 5.86. The molecule has 2 unspecified atom stereocenters. The number of ether oxygens (including phenoxy) is 1. The fraction of sp³-hybridized carbons (Fsp3) is 0.812. The standard InChI is InChI=1S/C16H26N2O2/c1-16(19,13-8-10-20-12-13)11-14-7-9-18(17-14)15-5-3-2-4-6-15/h7,9,13,15,19H,2-6,8,10-12H2,1H3. The third kappa shape index (κ3) is 3.07. The summed E-state index contributed by atoms with van der Waals surface area (Å²) >= 11 is 0. The van der Waals surface area contributed by atoms with E-state index in [1.165, 1.54) is 32.1 Å². The lowest BCUT2D eigenvalue weighted by Gasteiger charge is -2.28. The van der Waals surface area contributed by atoms with E-state index in [2.05, 4.69) is 16.9 Å². The van der Waals surface area contributed by atoms with Gasteiger partial charge in [0.1, 0.15) is 0 Å². The van der Waals surface area contributed by atoms with Gasteiger partial charge in [-0.15, -0.1) is 0 Å². The van der Waals surface area contributed by atoms with Gasteiger partial charge in [-0.2, -0.15) is 5.10 Å². The number of hydrogen-bond acceptors (Lipinski definition) is 3. The molecule has 0 spiro atoms. The van der Waals surface area contributed by atoms with Gasteiger partial charge in [-0.3, -0.25) is 4.68 Å². The molecule has 112 valence electrons. The van der Waals surface area contributed by atoms with Crippen LogP contribution in [0.25, 0.3) is 0 Å². The SMILES string of the molecule is CC(O)(Cc1ccn(C2CCCCC2)n1)C1CCOC1. The van der Waals surface area contributed by atoms with Crippen molar-refractivity contribution in [2.24, 2.45) is 5.92 Å². The van der Waals surface area contributed by atoms with E-state index in [0.717, 1.165) is 18.7 Å². The van der Waals surface area contributed by atoms with Gasteiger partial charge in [-0.05, 0) is 32.3 Å². The molecule has 1 aliphatic heterocycles. The zero-order valence-corrected chi connectivity index (χ0v) is 12.4. The van der Waals surface area contributed by atoms with Crippen LogP contribution >= 0.6 is 0 Å². The lowest BCUT2D eigenvalue weighted by atomic mass is 9.85. The summed E-state index contributed by atoms with van der Waals surface area (Å²) in [5.74, 6) is 0.238. The summed E-state index contributed by atoms with van der Waals surface area (Å²) in [6.07, 6.45) is 10.2. The molecule has 1 saturated heterocycles. The maximum atomic E-state index is 10.7. The van der Waals surface area contributed by atoms with Gasteiger partial charge < -0.3 is 9.84 Å². The first-order valence-electron chi connectivity index (χ1n) is 7.99. The van der Waals surface area contributed by atoms with Gasteiger partial charge in [0.05, 0.1) is 23.9 Å². The molecule has 4 nitrogen and oxygen atoms in total. The predicted octanol–water partition coefficient (Wildman–Crippen LogP) is 2.72. The summed E-state index contributed by atoms with van der Waals surface area (Å²) in [6.45, 7) is 3.37. The summed E-state index contributed by atoms with van der Waals surface area (Å²) < 4.78 is 7.52. The highest BCUT2D eigenvalue weighted by Gasteiger charge is 2.35. The van der Waals surface area contributed by atoms with Gasteiger partial charge >= 0.3 is 0 Å². The van der Waals surface area contributed by atoms with Gasteiger partial charge in [-0.1, -0.05) is 19.3 Å². The topological polar surface area (TPSA) is 47.3 Å².